The van der Waals surface area contributed by atoms with Crippen LogP contribution in [0, 0.1) is 5.92 Å². The third-order valence-corrected chi connectivity index (χ3v) is 4.38. The zero-order chi connectivity index (χ0) is 13.7. The Kier molecular flexibility index (Phi) is 5.60. The van der Waals surface area contributed by atoms with E-state index in [1.54, 1.807) is 0 Å². The van der Waals surface area contributed by atoms with Gasteiger partial charge in [0.25, 0.3) is 0 Å². The van der Waals surface area contributed by atoms with Crippen LogP contribution in [0.4, 0.5) is 0 Å². The lowest BCUT2D eigenvalue weighted by atomic mass is 9.99. The molecule has 0 atom stereocenters. The maximum atomic E-state index is 12.2. The molecule has 2 saturated heterocycles. The first kappa shape index (κ1) is 14.8. The number of rotatable bonds is 4. The number of carbonyl (C=O) groups is 1. The molecule has 5 heteroatoms. The van der Waals surface area contributed by atoms with Crippen LogP contribution in [0.25, 0.3) is 0 Å². The second-order valence-electron chi connectivity index (χ2n) is 5.90. The van der Waals surface area contributed by atoms with Gasteiger partial charge in [0.15, 0.2) is 0 Å². The normalized spacial score (nSPS) is 23.8. The zero-order valence-electron chi connectivity index (χ0n) is 12.1. The summed E-state index contributed by atoms with van der Waals surface area (Å²) in [6.45, 7) is 9.50. The highest BCUT2D eigenvalue weighted by molar-refractivity contribution is 5.78. The summed E-state index contributed by atoms with van der Waals surface area (Å²) in [5.41, 5.74) is 0. The first-order valence-electron chi connectivity index (χ1n) is 7.52. The van der Waals surface area contributed by atoms with Gasteiger partial charge < -0.3 is 10.0 Å². The molecule has 1 amide bonds. The van der Waals surface area contributed by atoms with Gasteiger partial charge in [0, 0.05) is 45.8 Å². The number of aliphatic hydroxyl groups is 1. The van der Waals surface area contributed by atoms with Gasteiger partial charge in [0.2, 0.25) is 5.91 Å². The molecule has 0 aliphatic carbocycles. The van der Waals surface area contributed by atoms with Crippen molar-refractivity contribution in [3.63, 3.8) is 0 Å². The standard InChI is InChI=1S/C14H27N3O2/c1-13-2-4-17(5-3-13)14(19)12-16-8-6-15(7-9-16)10-11-18/h13,18H,2-12H2,1H3. The highest BCUT2D eigenvalue weighted by Crippen LogP contribution is 2.16. The Morgan fingerprint density at radius 2 is 1.63 bits per heavy atom. The molecule has 2 aliphatic rings. The summed E-state index contributed by atoms with van der Waals surface area (Å²) in [7, 11) is 0. The molecule has 19 heavy (non-hydrogen) atoms. The summed E-state index contributed by atoms with van der Waals surface area (Å²) in [5.74, 6) is 1.06. The minimum absolute atomic E-state index is 0.227. The van der Waals surface area contributed by atoms with E-state index in [0.29, 0.717) is 12.5 Å². The molecule has 0 bridgehead atoms. The Balaban J connectivity index is 1.69. The van der Waals surface area contributed by atoms with Crippen molar-refractivity contribution in [3.8, 4) is 0 Å². The molecule has 5 nitrogen and oxygen atoms in total. The summed E-state index contributed by atoms with van der Waals surface area (Å²) in [6, 6.07) is 0. The van der Waals surface area contributed by atoms with Gasteiger partial charge in [-0.05, 0) is 18.8 Å². The van der Waals surface area contributed by atoms with E-state index in [4.69, 9.17) is 5.11 Å². The smallest absolute Gasteiger partial charge is 0.236 e. The highest BCUT2D eigenvalue weighted by atomic mass is 16.3. The van der Waals surface area contributed by atoms with Gasteiger partial charge in [-0.2, -0.15) is 0 Å². The largest absolute Gasteiger partial charge is 0.395 e. The van der Waals surface area contributed by atoms with Crippen LogP contribution in [-0.2, 0) is 4.79 Å². The molecule has 0 unspecified atom stereocenters. The van der Waals surface area contributed by atoms with Gasteiger partial charge in [-0.25, -0.2) is 0 Å². The number of likely N-dealkylation sites (tertiary alicyclic amines) is 1. The predicted molar refractivity (Wildman–Crippen MR) is 74.9 cm³/mol. The SMILES string of the molecule is CC1CCN(C(=O)CN2CCN(CCO)CC2)CC1. The molecule has 0 saturated carbocycles. The van der Waals surface area contributed by atoms with Crippen molar-refractivity contribution in [1.82, 2.24) is 14.7 Å². The molecular weight excluding hydrogens is 242 g/mol. The van der Waals surface area contributed by atoms with E-state index in [9.17, 15) is 4.79 Å². The van der Waals surface area contributed by atoms with Crippen molar-refractivity contribution < 1.29 is 9.90 Å². The van der Waals surface area contributed by atoms with Crippen molar-refractivity contribution >= 4 is 5.91 Å². The molecule has 1 N–H and O–H groups in total. The summed E-state index contributed by atoms with van der Waals surface area (Å²) < 4.78 is 0. The van der Waals surface area contributed by atoms with E-state index in [1.165, 1.54) is 0 Å². The van der Waals surface area contributed by atoms with Gasteiger partial charge in [-0.1, -0.05) is 6.92 Å². The number of hydrogen-bond acceptors (Lipinski definition) is 4. The third kappa shape index (κ3) is 4.44. The Labute approximate surface area is 116 Å². The van der Waals surface area contributed by atoms with Crippen molar-refractivity contribution in [2.75, 3.05) is 59.0 Å². The minimum Gasteiger partial charge on any atom is -0.395 e. The molecular formula is C14H27N3O2. The van der Waals surface area contributed by atoms with E-state index in [-0.39, 0.29) is 6.61 Å². The molecule has 2 fully saturated rings. The van der Waals surface area contributed by atoms with E-state index in [2.05, 4.69) is 16.7 Å². The van der Waals surface area contributed by atoms with E-state index in [0.717, 1.165) is 64.6 Å². The van der Waals surface area contributed by atoms with Crippen LogP contribution in [0.2, 0.25) is 0 Å². The molecule has 0 spiro atoms. The lowest BCUT2D eigenvalue weighted by Crippen LogP contribution is -2.51. The van der Waals surface area contributed by atoms with Crippen molar-refractivity contribution in [2.24, 2.45) is 5.92 Å². The van der Waals surface area contributed by atoms with Crippen molar-refractivity contribution in [2.45, 2.75) is 19.8 Å². The van der Waals surface area contributed by atoms with E-state index < -0.39 is 0 Å². The third-order valence-electron chi connectivity index (χ3n) is 4.38. The fourth-order valence-electron chi connectivity index (χ4n) is 2.86. The van der Waals surface area contributed by atoms with Crippen LogP contribution in [0.1, 0.15) is 19.8 Å². The lowest BCUT2D eigenvalue weighted by molar-refractivity contribution is -0.134. The second kappa shape index (κ2) is 7.22. The number of piperidine rings is 1. The molecule has 2 heterocycles. The number of hydrogen-bond donors (Lipinski definition) is 1. The number of aliphatic hydroxyl groups excluding tert-OH is 1. The van der Waals surface area contributed by atoms with Crippen molar-refractivity contribution in [1.29, 1.82) is 0 Å². The zero-order valence-corrected chi connectivity index (χ0v) is 12.1. The van der Waals surface area contributed by atoms with Crippen LogP contribution in [-0.4, -0.2) is 84.7 Å². The Morgan fingerprint density at radius 1 is 1.05 bits per heavy atom. The number of piperazine rings is 1. The number of β-amino-alcohol motifs (C(OH)–C–C–N with tert-alkyl or cyclic N) is 1. The quantitative estimate of drug-likeness (QED) is 0.771. The van der Waals surface area contributed by atoms with Gasteiger partial charge in [-0.3, -0.25) is 14.6 Å². The first-order valence-corrected chi connectivity index (χ1v) is 7.52. The van der Waals surface area contributed by atoms with Gasteiger partial charge in [0.05, 0.1) is 13.2 Å². The Morgan fingerprint density at radius 3 is 2.21 bits per heavy atom. The van der Waals surface area contributed by atoms with Crippen LogP contribution < -0.4 is 0 Å². The van der Waals surface area contributed by atoms with Crippen LogP contribution in [0.3, 0.4) is 0 Å². The number of carbonyl (C=O) groups excluding carboxylic acids is 1. The summed E-state index contributed by atoms with van der Waals surface area (Å²) >= 11 is 0. The lowest BCUT2D eigenvalue weighted by Gasteiger charge is -2.36. The summed E-state index contributed by atoms with van der Waals surface area (Å²) in [6.07, 6.45) is 2.30. The highest BCUT2D eigenvalue weighted by Gasteiger charge is 2.23. The molecule has 0 aromatic rings. The maximum Gasteiger partial charge on any atom is 0.236 e. The monoisotopic (exact) mass is 269 g/mol. The Bertz CT molecular complexity index is 282. The van der Waals surface area contributed by atoms with Gasteiger partial charge in [-0.15, -0.1) is 0 Å². The fourth-order valence-corrected chi connectivity index (χ4v) is 2.86. The molecule has 0 aromatic heterocycles. The van der Waals surface area contributed by atoms with E-state index >= 15 is 0 Å². The van der Waals surface area contributed by atoms with Crippen LogP contribution in [0.5, 0.6) is 0 Å². The van der Waals surface area contributed by atoms with Gasteiger partial charge >= 0.3 is 0 Å². The Hall–Kier alpha value is -0.650. The number of amides is 1. The predicted octanol–water partition coefficient (Wildman–Crippen LogP) is -0.145. The molecule has 110 valence electrons. The average molecular weight is 269 g/mol. The van der Waals surface area contributed by atoms with Crippen LogP contribution in [0.15, 0.2) is 0 Å². The molecule has 0 radical (unpaired) electrons. The maximum absolute atomic E-state index is 12.2. The van der Waals surface area contributed by atoms with Gasteiger partial charge in [0.1, 0.15) is 0 Å². The minimum atomic E-state index is 0.227. The summed E-state index contributed by atoms with van der Waals surface area (Å²) in [5, 5.41) is 8.91. The fraction of sp³-hybridized carbons (Fsp3) is 0.929. The summed E-state index contributed by atoms with van der Waals surface area (Å²) in [4.78, 5) is 18.7. The molecule has 2 aliphatic heterocycles. The van der Waals surface area contributed by atoms with Crippen molar-refractivity contribution in [3.05, 3.63) is 0 Å². The molecule has 0 aromatic carbocycles. The van der Waals surface area contributed by atoms with E-state index in [1.807, 2.05) is 4.90 Å². The molecule has 2 rings (SSSR count). The average Bonchev–Trinajstić information content (AvgIpc) is 2.42. The first-order chi connectivity index (χ1) is 9.19. The van der Waals surface area contributed by atoms with Crippen LogP contribution >= 0.6 is 0 Å². The number of nitrogens with zero attached hydrogens (tertiary/aromatic N) is 3. The second-order valence-corrected chi connectivity index (χ2v) is 5.90. The topological polar surface area (TPSA) is 47.0 Å².